The fraction of sp³-hybridized carbons (Fsp3) is 0.455. The number of anilines is 1. The monoisotopic (exact) mass is 290 g/mol. The summed E-state index contributed by atoms with van der Waals surface area (Å²) in [5, 5.41) is 11.4. The molecule has 0 saturated carbocycles. The van der Waals surface area contributed by atoms with Crippen LogP contribution >= 0.6 is 11.3 Å². The van der Waals surface area contributed by atoms with Crippen molar-refractivity contribution in [3.05, 3.63) is 11.1 Å². The second kappa shape index (κ2) is 8.53. The molecule has 1 aromatic rings. The van der Waals surface area contributed by atoms with Gasteiger partial charge < -0.3 is 15.2 Å². The van der Waals surface area contributed by atoms with E-state index in [1.54, 1.807) is 0 Å². The number of carbonyl (C=O) groups is 1. The first-order valence-electron chi connectivity index (χ1n) is 5.33. The fourth-order valence-corrected chi connectivity index (χ4v) is 1.74. The highest BCUT2D eigenvalue weighted by Gasteiger charge is 2.07. The molecule has 0 unspecified atom stereocenters. The van der Waals surface area contributed by atoms with Gasteiger partial charge in [-0.1, -0.05) is 23.2 Å². The van der Waals surface area contributed by atoms with Crippen molar-refractivity contribution in [3.8, 4) is 11.8 Å². The zero-order valence-electron chi connectivity index (χ0n) is 9.86. The molecule has 0 saturated heterocycles. The van der Waals surface area contributed by atoms with Crippen LogP contribution in [0.1, 0.15) is 11.3 Å². The molecule has 8 heteroatoms. The number of rotatable bonds is 6. The lowest BCUT2D eigenvalue weighted by atomic mass is 10.4. The predicted molar refractivity (Wildman–Crippen MR) is 66.1 cm³/mol. The lowest BCUT2D eigenvalue weighted by Crippen LogP contribution is -2.15. The van der Waals surface area contributed by atoms with Crippen LogP contribution in [-0.4, -0.2) is 42.2 Å². The molecule has 0 atom stereocenters. The van der Waals surface area contributed by atoms with Crippen molar-refractivity contribution in [2.75, 3.05) is 25.1 Å². The molecule has 5 nitrogen and oxygen atoms in total. The number of amides is 1. The van der Waals surface area contributed by atoms with E-state index in [9.17, 15) is 13.6 Å². The van der Waals surface area contributed by atoms with E-state index in [2.05, 4.69) is 26.9 Å². The van der Waals surface area contributed by atoms with E-state index in [1.165, 1.54) is 6.20 Å². The van der Waals surface area contributed by atoms with E-state index in [0.717, 1.165) is 11.3 Å². The fourth-order valence-electron chi connectivity index (χ4n) is 1.04. The van der Waals surface area contributed by atoms with Crippen molar-refractivity contribution < 1.29 is 23.4 Å². The molecule has 1 amide bonds. The minimum absolute atomic E-state index is 0.0239. The summed E-state index contributed by atoms with van der Waals surface area (Å²) in [5.41, 5.74) is 0. The minimum atomic E-state index is -2.53. The average Bonchev–Trinajstić information content (AvgIpc) is 2.79. The van der Waals surface area contributed by atoms with Crippen molar-refractivity contribution in [2.24, 2.45) is 0 Å². The number of nitrogens with one attached hydrogen (secondary N) is 1. The van der Waals surface area contributed by atoms with Crippen molar-refractivity contribution >= 4 is 22.4 Å². The summed E-state index contributed by atoms with van der Waals surface area (Å²) >= 11 is 1.16. The summed E-state index contributed by atoms with van der Waals surface area (Å²) < 4.78 is 28.1. The number of ether oxygens (including phenoxy) is 1. The number of aromatic nitrogens is 1. The van der Waals surface area contributed by atoms with E-state index in [-0.39, 0.29) is 25.5 Å². The Morgan fingerprint density at radius 1 is 1.63 bits per heavy atom. The number of alkyl halides is 2. The molecule has 0 aromatic carbocycles. The number of carbonyl (C=O) groups excluding carboxylic acids is 1. The number of halogens is 2. The van der Waals surface area contributed by atoms with Crippen LogP contribution in [0.15, 0.2) is 6.20 Å². The Kier molecular flexibility index (Phi) is 6.95. The molecular formula is C11H12F2N2O3S. The van der Waals surface area contributed by atoms with Gasteiger partial charge in [0.15, 0.2) is 5.13 Å². The van der Waals surface area contributed by atoms with E-state index >= 15 is 0 Å². The molecule has 0 aliphatic heterocycles. The van der Waals surface area contributed by atoms with Crippen molar-refractivity contribution in [3.63, 3.8) is 0 Å². The Morgan fingerprint density at radius 3 is 3.11 bits per heavy atom. The van der Waals surface area contributed by atoms with E-state index in [0.29, 0.717) is 10.0 Å². The number of aliphatic hydroxyl groups is 1. The molecule has 0 spiro atoms. The summed E-state index contributed by atoms with van der Waals surface area (Å²) in [4.78, 5) is 15.9. The molecule has 0 radical (unpaired) electrons. The molecule has 1 aromatic heterocycles. The summed E-state index contributed by atoms with van der Waals surface area (Å²) in [6.07, 6.45) is -1.09. The third kappa shape index (κ3) is 6.81. The van der Waals surface area contributed by atoms with Gasteiger partial charge in [0.1, 0.15) is 13.2 Å². The number of thiazole rings is 1. The number of hydrogen-bond donors (Lipinski definition) is 2. The van der Waals surface area contributed by atoms with Gasteiger partial charge in [-0.15, -0.1) is 0 Å². The van der Waals surface area contributed by atoms with E-state index < -0.39 is 13.0 Å². The second-order valence-corrected chi connectivity index (χ2v) is 4.28. The van der Waals surface area contributed by atoms with Crippen LogP contribution in [0, 0.1) is 11.8 Å². The molecule has 2 N–H and O–H groups in total. The van der Waals surface area contributed by atoms with Gasteiger partial charge in [-0.2, -0.15) is 0 Å². The normalized spacial score (nSPS) is 10.1. The Bertz CT molecular complexity index is 468. The quantitative estimate of drug-likeness (QED) is 0.608. The maximum atomic E-state index is 11.7. The Balaban J connectivity index is 2.30. The first-order chi connectivity index (χ1) is 9.11. The smallest absolute Gasteiger partial charge is 0.261 e. The maximum absolute atomic E-state index is 11.7. The average molecular weight is 290 g/mol. The second-order valence-electron chi connectivity index (χ2n) is 3.25. The van der Waals surface area contributed by atoms with Gasteiger partial charge in [0, 0.05) is 0 Å². The van der Waals surface area contributed by atoms with Crippen molar-refractivity contribution in [1.29, 1.82) is 0 Å². The predicted octanol–water partition coefficient (Wildman–Crippen LogP) is 1.10. The van der Waals surface area contributed by atoms with Crippen LogP contribution in [0.5, 0.6) is 0 Å². The van der Waals surface area contributed by atoms with Crippen LogP contribution < -0.4 is 5.32 Å². The highest BCUT2D eigenvalue weighted by molar-refractivity contribution is 7.16. The van der Waals surface area contributed by atoms with Gasteiger partial charge in [0.25, 0.3) is 6.43 Å². The van der Waals surface area contributed by atoms with Crippen LogP contribution in [0.3, 0.4) is 0 Å². The Labute approximate surface area is 112 Å². The van der Waals surface area contributed by atoms with Gasteiger partial charge in [-0.25, -0.2) is 13.8 Å². The SMILES string of the molecule is O=C(CCOCC(F)F)Nc1ncc(C#CCO)s1. The molecule has 0 aliphatic carbocycles. The van der Waals surface area contributed by atoms with Gasteiger partial charge in [-0.3, -0.25) is 4.79 Å². The minimum Gasteiger partial charge on any atom is -0.384 e. The zero-order valence-corrected chi connectivity index (χ0v) is 10.7. The standard InChI is InChI=1S/C11H12F2N2O3S/c12-9(13)7-18-5-3-10(17)15-11-14-6-8(19-11)2-1-4-16/h6,9,16H,3-5,7H2,(H,14,15,17). The lowest BCUT2D eigenvalue weighted by Gasteiger charge is -2.03. The molecule has 0 fully saturated rings. The molecule has 19 heavy (non-hydrogen) atoms. The largest absolute Gasteiger partial charge is 0.384 e. The van der Waals surface area contributed by atoms with E-state index in [1.807, 2.05) is 0 Å². The topological polar surface area (TPSA) is 71.5 Å². The number of aliphatic hydroxyl groups excluding tert-OH is 1. The molecular weight excluding hydrogens is 278 g/mol. The number of nitrogens with zero attached hydrogens (tertiary/aromatic N) is 1. The van der Waals surface area contributed by atoms with Gasteiger partial charge in [0.2, 0.25) is 5.91 Å². The molecule has 104 valence electrons. The van der Waals surface area contributed by atoms with Crippen LogP contribution in [0.4, 0.5) is 13.9 Å². The highest BCUT2D eigenvalue weighted by atomic mass is 32.1. The summed E-state index contributed by atoms with van der Waals surface area (Å²) in [7, 11) is 0. The number of hydrogen-bond acceptors (Lipinski definition) is 5. The van der Waals surface area contributed by atoms with Crippen molar-refractivity contribution in [2.45, 2.75) is 12.8 Å². The highest BCUT2D eigenvalue weighted by Crippen LogP contribution is 2.16. The van der Waals surface area contributed by atoms with Crippen molar-refractivity contribution in [1.82, 2.24) is 4.98 Å². The third-order valence-corrected chi connectivity index (χ3v) is 2.59. The molecule has 1 heterocycles. The lowest BCUT2D eigenvalue weighted by molar-refractivity contribution is -0.117. The Morgan fingerprint density at radius 2 is 2.42 bits per heavy atom. The van der Waals surface area contributed by atoms with Gasteiger partial charge in [0.05, 0.1) is 24.1 Å². The first-order valence-corrected chi connectivity index (χ1v) is 6.14. The first kappa shape index (κ1) is 15.5. The van der Waals surface area contributed by atoms with E-state index in [4.69, 9.17) is 5.11 Å². The van der Waals surface area contributed by atoms with Gasteiger partial charge >= 0.3 is 0 Å². The van der Waals surface area contributed by atoms with Crippen LogP contribution in [-0.2, 0) is 9.53 Å². The Hall–Kier alpha value is -1.56. The van der Waals surface area contributed by atoms with Gasteiger partial charge in [-0.05, 0) is 0 Å². The summed E-state index contributed by atoms with van der Waals surface area (Å²) in [5.74, 6) is 4.74. The third-order valence-electron chi connectivity index (χ3n) is 1.76. The van der Waals surface area contributed by atoms with Crippen LogP contribution in [0.2, 0.25) is 0 Å². The maximum Gasteiger partial charge on any atom is 0.261 e. The van der Waals surface area contributed by atoms with Crippen LogP contribution in [0.25, 0.3) is 0 Å². The zero-order chi connectivity index (χ0) is 14.1. The molecule has 0 bridgehead atoms. The summed E-state index contributed by atoms with van der Waals surface area (Å²) in [6, 6.07) is 0. The molecule has 0 aliphatic rings. The summed E-state index contributed by atoms with van der Waals surface area (Å²) in [6.45, 7) is -0.995. The molecule has 1 rings (SSSR count).